The van der Waals surface area contributed by atoms with E-state index in [4.69, 9.17) is 4.74 Å². The molecule has 0 bridgehead atoms. The molecular formula is C12H22N3O3+. The summed E-state index contributed by atoms with van der Waals surface area (Å²) in [4.78, 5) is 24.3. The van der Waals surface area contributed by atoms with Gasteiger partial charge in [0.15, 0.2) is 6.54 Å². The van der Waals surface area contributed by atoms with Gasteiger partial charge in [-0.25, -0.2) is 4.79 Å². The van der Waals surface area contributed by atoms with Gasteiger partial charge in [-0.3, -0.25) is 10.1 Å². The summed E-state index contributed by atoms with van der Waals surface area (Å²) in [5, 5.41) is 5.11. The van der Waals surface area contributed by atoms with Gasteiger partial charge < -0.3 is 15.0 Å². The van der Waals surface area contributed by atoms with Gasteiger partial charge in [-0.2, -0.15) is 0 Å². The predicted octanol–water partition coefficient (Wildman–Crippen LogP) is -1.33. The lowest BCUT2D eigenvalue weighted by Crippen LogP contribution is -3.16. The van der Waals surface area contributed by atoms with Crippen LogP contribution in [0.25, 0.3) is 0 Å². The largest absolute Gasteiger partial charge is 0.364 e. The van der Waals surface area contributed by atoms with Gasteiger partial charge >= 0.3 is 6.03 Å². The molecule has 2 fully saturated rings. The SMILES string of the molecule is C[C@H]1C[NH+](CC(=O)NC(=O)NC2CC2)C[C@H](C)O1. The first-order chi connectivity index (χ1) is 8.52. The number of urea groups is 1. The van der Waals surface area contributed by atoms with Gasteiger partial charge in [-0.15, -0.1) is 0 Å². The summed E-state index contributed by atoms with van der Waals surface area (Å²) in [6.45, 7) is 5.96. The third-order valence-corrected chi connectivity index (χ3v) is 3.19. The number of hydrogen-bond donors (Lipinski definition) is 3. The number of morpholine rings is 1. The molecule has 2 aliphatic rings. The van der Waals surface area contributed by atoms with Crippen molar-refractivity contribution in [1.82, 2.24) is 10.6 Å². The number of hydrogen-bond acceptors (Lipinski definition) is 3. The van der Waals surface area contributed by atoms with Gasteiger partial charge in [0.05, 0.1) is 0 Å². The molecule has 0 aromatic heterocycles. The number of rotatable bonds is 3. The van der Waals surface area contributed by atoms with Crippen LogP contribution in [-0.4, -0.2) is 49.8 Å². The van der Waals surface area contributed by atoms with Gasteiger partial charge in [0.2, 0.25) is 0 Å². The highest BCUT2D eigenvalue weighted by atomic mass is 16.5. The molecule has 6 nitrogen and oxygen atoms in total. The molecule has 2 atom stereocenters. The molecule has 0 aromatic carbocycles. The number of quaternary nitrogens is 1. The third-order valence-electron chi connectivity index (χ3n) is 3.19. The van der Waals surface area contributed by atoms with Crippen LogP contribution in [0, 0.1) is 0 Å². The fraction of sp³-hybridized carbons (Fsp3) is 0.833. The predicted molar refractivity (Wildman–Crippen MR) is 65.3 cm³/mol. The zero-order valence-electron chi connectivity index (χ0n) is 11.0. The minimum absolute atomic E-state index is 0.164. The summed E-state index contributed by atoms with van der Waals surface area (Å²) >= 11 is 0. The van der Waals surface area contributed by atoms with Crippen molar-refractivity contribution in [3.05, 3.63) is 0 Å². The van der Waals surface area contributed by atoms with Crippen molar-refractivity contribution in [2.75, 3.05) is 19.6 Å². The van der Waals surface area contributed by atoms with E-state index in [-0.39, 0.29) is 30.2 Å². The highest BCUT2D eigenvalue weighted by molar-refractivity contribution is 5.94. The Balaban J connectivity index is 1.70. The lowest BCUT2D eigenvalue weighted by Gasteiger charge is -2.31. The number of imide groups is 1. The van der Waals surface area contributed by atoms with Gasteiger partial charge in [0.25, 0.3) is 5.91 Å². The quantitative estimate of drug-likeness (QED) is 0.586. The average molecular weight is 256 g/mol. The van der Waals surface area contributed by atoms with Crippen LogP contribution in [0.5, 0.6) is 0 Å². The average Bonchev–Trinajstić information content (AvgIpc) is 2.98. The van der Waals surface area contributed by atoms with E-state index in [0.29, 0.717) is 6.54 Å². The Kier molecular flexibility index (Phi) is 4.19. The Hall–Kier alpha value is -1.14. The summed E-state index contributed by atoms with van der Waals surface area (Å²) in [6.07, 6.45) is 2.37. The normalized spacial score (nSPS) is 31.8. The Labute approximate surface area is 107 Å². The first-order valence-corrected chi connectivity index (χ1v) is 6.62. The van der Waals surface area contributed by atoms with E-state index in [1.807, 2.05) is 13.8 Å². The standard InChI is InChI=1S/C12H21N3O3/c1-8-5-15(6-9(2)18-8)7-11(16)14-12(17)13-10-3-4-10/h8-10H,3-7H2,1-2H3,(H2,13,14,16,17)/p+1/t8-,9-/m0/s1. The maximum atomic E-state index is 11.7. The molecule has 0 spiro atoms. The van der Waals surface area contributed by atoms with Crippen LogP contribution in [-0.2, 0) is 9.53 Å². The Bertz CT molecular complexity index is 321. The highest BCUT2D eigenvalue weighted by Gasteiger charge is 2.28. The first-order valence-electron chi connectivity index (χ1n) is 6.62. The van der Waals surface area contributed by atoms with E-state index in [0.717, 1.165) is 30.8 Å². The molecule has 102 valence electrons. The van der Waals surface area contributed by atoms with Crippen LogP contribution < -0.4 is 15.5 Å². The molecular weight excluding hydrogens is 234 g/mol. The lowest BCUT2D eigenvalue weighted by molar-refractivity contribution is -0.907. The molecule has 3 N–H and O–H groups in total. The smallest absolute Gasteiger partial charge is 0.321 e. The molecule has 0 aromatic rings. The van der Waals surface area contributed by atoms with Crippen LogP contribution >= 0.6 is 0 Å². The van der Waals surface area contributed by atoms with Gasteiger partial charge in [0.1, 0.15) is 25.3 Å². The Morgan fingerprint density at radius 3 is 2.39 bits per heavy atom. The fourth-order valence-electron chi connectivity index (χ4n) is 2.38. The molecule has 6 heteroatoms. The molecule has 1 aliphatic heterocycles. The zero-order chi connectivity index (χ0) is 13.1. The number of ether oxygens (including phenoxy) is 1. The van der Waals surface area contributed by atoms with E-state index in [2.05, 4.69) is 10.6 Å². The molecule has 1 saturated heterocycles. The van der Waals surface area contributed by atoms with Crippen molar-refractivity contribution >= 4 is 11.9 Å². The van der Waals surface area contributed by atoms with Crippen molar-refractivity contribution in [3.8, 4) is 0 Å². The van der Waals surface area contributed by atoms with Crippen molar-refractivity contribution in [2.45, 2.75) is 44.9 Å². The molecule has 1 aliphatic carbocycles. The van der Waals surface area contributed by atoms with Gasteiger partial charge in [0, 0.05) is 6.04 Å². The number of carbonyl (C=O) groups excluding carboxylic acids is 2. The molecule has 1 saturated carbocycles. The van der Waals surface area contributed by atoms with E-state index in [1.54, 1.807) is 0 Å². The number of amides is 3. The van der Waals surface area contributed by atoms with Crippen LogP contribution in [0.2, 0.25) is 0 Å². The monoisotopic (exact) mass is 256 g/mol. The molecule has 2 rings (SSSR count). The zero-order valence-corrected chi connectivity index (χ0v) is 11.0. The number of nitrogens with one attached hydrogen (secondary N) is 3. The molecule has 1 heterocycles. The van der Waals surface area contributed by atoms with Crippen molar-refractivity contribution in [1.29, 1.82) is 0 Å². The number of carbonyl (C=O) groups is 2. The molecule has 3 amide bonds. The minimum atomic E-state index is -0.365. The van der Waals surface area contributed by atoms with E-state index in [9.17, 15) is 9.59 Å². The van der Waals surface area contributed by atoms with Crippen molar-refractivity contribution in [2.24, 2.45) is 0 Å². The van der Waals surface area contributed by atoms with E-state index in [1.165, 1.54) is 0 Å². The topological polar surface area (TPSA) is 71.9 Å². The van der Waals surface area contributed by atoms with Crippen molar-refractivity contribution < 1.29 is 19.2 Å². The summed E-state index contributed by atoms with van der Waals surface area (Å²) in [7, 11) is 0. The second-order valence-electron chi connectivity index (χ2n) is 5.39. The van der Waals surface area contributed by atoms with Crippen LogP contribution in [0.4, 0.5) is 4.79 Å². The van der Waals surface area contributed by atoms with Gasteiger partial charge in [-0.1, -0.05) is 0 Å². The third kappa shape index (κ3) is 4.27. The second kappa shape index (κ2) is 5.67. The van der Waals surface area contributed by atoms with Crippen LogP contribution in [0.1, 0.15) is 26.7 Å². The lowest BCUT2D eigenvalue weighted by atomic mass is 10.2. The Morgan fingerprint density at radius 1 is 1.22 bits per heavy atom. The molecule has 18 heavy (non-hydrogen) atoms. The summed E-state index contributed by atoms with van der Waals surface area (Å²) in [6, 6.07) is -0.0927. The van der Waals surface area contributed by atoms with E-state index < -0.39 is 0 Å². The summed E-state index contributed by atoms with van der Waals surface area (Å²) in [5.41, 5.74) is 0. The maximum absolute atomic E-state index is 11.7. The van der Waals surface area contributed by atoms with E-state index >= 15 is 0 Å². The first kappa shape index (κ1) is 13.3. The highest BCUT2D eigenvalue weighted by Crippen LogP contribution is 2.18. The second-order valence-corrected chi connectivity index (χ2v) is 5.39. The summed E-state index contributed by atoms with van der Waals surface area (Å²) in [5.74, 6) is -0.218. The minimum Gasteiger partial charge on any atom is -0.364 e. The van der Waals surface area contributed by atoms with Crippen LogP contribution in [0.3, 0.4) is 0 Å². The van der Waals surface area contributed by atoms with Gasteiger partial charge in [-0.05, 0) is 26.7 Å². The summed E-state index contributed by atoms with van der Waals surface area (Å²) < 4.78 is 5.61. The van der Waals surface area contributed by atoms with Crippen molar-refractivity contribution in [3.63, 3.8) is 0 Å². The molecule has 0 radical (unpaired) electrons. The fourth-order valence-corrected chi connectivity index (χ4v) is 2.38. The molecule has 0 unspecified atom stereocenters. The van der Waals surface area contributed by atoms with Crippen LogP contribution in [0.15, 0.2) is 0 Å². The Morgan fingerprint density at radius 2 is 1.83 bits per heavy atom. The maximum Gasteiger partial charge on any atom is 0.321 e.